The van der Waals surface area contributed by atoms with Crippen molar-refractivity contribution in [2.24, 2.45) is 5.92 Å². The topological polar surface area (TPSA) is 104 Å². The maximum Gasteiger partial charge on any atom is 0.250 e. The van der Waals surface area contributed by atoms with Gasteiger partial charge >= 0.3 is 0 Å². The van der Waals surface area contributed by atoms with Gasteiger partial charge in [-0.2, -0.15) is 0 Å². The zero-order chi connectivity index (χ0) is 25.3. The van der Waals surface area contributed by atoms with E-state index in [1.54, 1.807) is 24.4 Å². The predicted molar refractivity (Wildman–Crippen MR) is 134 cm³/mol. The minimum atomic E-state index is -2.59. The molecule has 5 rings (SSSR count). The molecule has 3 aromatic rings. The number of halogens is 2. The van der Waals surface area contributed by atoms with E-state index < -0.39 is 5.92 Å². The second kappa shape index (κ2) is 9.57. The average Bonchev–Trinajstić information content (AvgIpc) is 3.04. The lowest BCUT2D eigenvalue weighted by Gasteiger charge is -2.31. The lowest BCUT2D eigenvalue weighted by atomic mass is 9.82. The van der Waals surface area contributed by atoms with Gasteiger partial charge in [-0.05, 0) is 43.5 Å². The summed E-state index contributed by atoms with van der Waals surface area (Å²) < 4.78 is 26.1. The molecular weight excluding hydrogens is 464 g/mol. The van der Waals surface area contributed by atoms with Crippen LogP contribution >= 0.6 is 0 Å². The first-order chi connectivity index (χ1) is 17.3. The van der Waals surface area contributed by atoms with Gasteiger partial charge in [0.1, 0.15) is 11.6 Å². The summed E-state index contributed by atoms with van der Waals surface area (Å²) in [6, 6.07) is 10.9. The highest BCUT2D eigenvalue weighted by molar-refractivity contribution is 5.74. The number of para-hydroxylation sites is 1. The van der Waals surface area contributed by atoms with Gasteiger partial charge in [-0.1, -0.05) is 18.1 Å². The molecule has 0 bridgehead atoms. The molecule has 3 heterocycles. The Kier molecular flexibility index (Phi) is 6.31. The van der Waals surface area contributed by atoms with E-state index in [1.165, 1.54) is 0 Å². The van der Waals surface area contributed by atoms with Gasteiger partial charge in [0.05, 0.1) is 11.4 Å². The number of rotatable bonds is 3. The number of hydrogen-bond acceptors (Lipinski definition) is 8. The Morgan fingerprint density at radius 3 is 2.69 bits per heavy atom. The SMILES string of the molecule is C[C@H]1CCN(c2cc(-c3ccccc3O)nnc2N)CCN1c1ccnc(C#CC2CC(F)(F)C2)n1. The highest BCUT2D eigenvalue weighted by Crippen LogP contribution is 2.41. The van der Waals surface area contributed by atoms with Gasteiger partial charge in [0.25, 0.3) is 5.92 Å². The Bertz CT molecular complexity index is 1310. The standard InChI is InChI=1S/C26H27F2N7O/c1-17-9-11-34(21-14-20(32-33-25(21)29)19-4-2-3-5-22(19)36)12-13-35(17)24-8-10-30-23(31-24)7-6-18-15-26(27,28)16-18/h2-5,8,10,14,17-18,36H,9,11-13,15-16H2,1H3,(H2,29,33)/t17-/m0/s1. The number of nitrogens with two attached hydrogens (primary N) is 1. The van der Waals surface area contributed by atoms with Crippen LogP contribution in [0.4, 0.5) is 26.1 Å². The molecule has 10 heteroatoms. The first-order valence-electron chi connectivity index (χ1n) is 11.9. The Balaban J connectivity index is 1.33. The van der Waals surface area contributed by atoms with Crippen molar-refractivity contribution in [2.75, 3.05) is 35.2 Å². The summed E-state index contributed by atoms with van der Waals surface area (Å²) in [5, 5.41) is 18.6. The number of nitrogen functional groups attached to an aromatic ring is 1. The number of hydrogen-bond donors (Lipinski definition) is 2. The van der Waals surface area contributed by atoms with Gasteiger partial charge in [0.2, 0.25) is 5.82 Å². The quantitative estimate of drug-likeness (QED) is 0.535. The molecule has 186 valence electrons. The largest absolute Gasteiger partial charge is 0.507 e. The minimum absolute atomic E-state index is 0.131. The van der Waals surface area contributed by atoms with Crippen LogP contribution in [0, 0.1) is 17.8 Å². The molecule has 8 nitrogen and oxygen atoms in total. The van der Waals surface area contributed by atoms with Crippen molar-refractivity contribution in [1.29, 1.82) is 0 Å². The molecule has 0 amide bonds. The Morgan fingerprint density at radius 2 is 1.92 bits per heavy atom. The molecular formula is C26H27F2N7O. The number of aromatic hydroxyl groups is 1. The fraction of sp³-hybridized carbons (Fsp3) is 0.385. The number of phenols is 1. The van der Waals surface area contributed by atoms with Crippen molar-refractivity contribution in [3.05, 3.63) is 48.4 Å². The van der Waals surface area contributed by atoms with Crippen LogP contribution in [-0.2, 0) is 0 Å². The number of alkyl halides is 2. The Morgan fingerprint density at radius 1 is 1.11 bits per heavy atom. The summed E-state index contributed by atoms with van der Waals surface area (Å²) in [5.41, 5.74) is 8.12. The number of nitrogens with zero attached hydrogens (tertiary/aromatic N) is 6. The first-order valence-corrected chi connectivity index (χ1v) is 11.9. The summed E-state index contributed by atoms with van der Waals surface area (Å²) in [6.45, 7) is 4.23. The van der Waals surface area contributed by atoms with Gasteiger partial charge in [-0.3, -0.25) is 0 Å². The molecule has 1 saturated heterocycles. The molecule has 2 aromatic heterocycles. The van der Waals surface area contributed by atoms with Gasteiger partial charge in [0, 0.05) is 56.2 Å². The molecule has 0 unspecified atom stereocenters. The highest BCUT2D eigenvalue weighted by Gasteiger charge is 2.44. The van der Waals surface area contributed by atoms with E-state index in [0.29, 0.717) is 36.0 Å². The molecule has 1 aromatic carbocycles. The van der Waals surface area contributed by atoms with Gasteiger partial charge < -0.3 is 20.6 Å². The maximum absolute atomic E-state index is 13.1. The van der Waals surface area contributed by atoms with Gasteiger partial charge in [0.15, 0.2) is 5.82 Å². The molecule has 1 aliphatic heterocycles. The third-order valence-electron chi connectivity index (χ3n) is 6.70. The fourth-order valence-corrected chi connectivity index (χ4v) is 4.61. The van der Waals surface area contributed by atoms with Crippen molar-refractivity contribution < 1.29 is 13.9 Å². The van der Waals surface area contributed by atoms with E-state index in [9.17, 15) is 13.9 Å². The zero-order valence-electron chi connectivity index (χ0n) is 19.9. The van der Waals surface area contributed by atoms with Crippen LogP contribution in [0.3, 0.4) is 0 Å². The Hall–Kier alpha value is -4.00. The molecule has 2 fully saturated rings. The van der Waals surface area contributed by atoms with Crippen LogP contribution in [0.25, 0.3) is 11.3 Å². The molecule has 1 atom stereocenters. The van der Waals surface area contributed by atoms with Crippen LogP contribution in [0.15, 0.2) is 42.6 Å². The maximum atomic E-state index is 13.1. The molecule has 3 N–H and O–H groups in total. The van der Waals surface area contributed by atoms with Crippen molar-refractivity contribution in [2.45, 2.75) is 38.2 Å². The fourth-order valence-electron chi connectivity index (χ4n) is 4.61. The summed E-state index contributed by atoms with van der Waals surface area (Å²) in [5.74, 6) is 4.40. The summed E-state index contributed by atoms with van der Waals surface area (Å²) >= 11 is 0. The van der Waals surface area contributed by atoms with E-state index in [2.05, 4.69) is 48.7 Å². The first kappa shape index (κ1) is 23.7. The van der Waals surface area contributed by atoms with Crippen molar-refractivity contribution >= 4 is 17.3 Å². The lowest BCUT2D eigenvalue weighted by molar-refractivity contribution is -0.0936. The molecule has 1 aliphatic carbocycles. The highest BCUT2D eigenvalue weighted by atomic mass is 19.3. The predicted octanol–water partition coefficient (Wildman–Crippen LogP) is 3.72. The van der Waals surface area contributed by atoms with Crippen molar-refractivity contribution in [3.63, 3.8) is 0 Å². The Labute approximate surface area is 208 Å². The summed E-state index contributed by atoms with van der Waals surface area (Å²) in [4.78, 5) is 13.2. The zero-order valence-corrected chi connectivity index (χ0v) is 19.9. The van der Waals surface area contributed by atoms with E-state index in [-0.39, 0.29) is 30.6 Å². The van der Waals surface area contributed by atoms with Crippen LogP contribution < -0.4 is 15.5 Å². The van der Waals surface area contributed by atoms with Crippen LogP contribution in [0.1, 0.15) is 32.0 Å². The summed E-state index contributed by atoms with van der Waals surface area (Å²) in [6.07, 6.45) is 2.10. The number of anilines is 3. The third kappa shape index (κ3) is 5.00. The van der Waals surface area contributed by atoms with Crippen LogP contribution in [-0.4, -0.2) is 56.9 Å². The van der Waals surface area contributed by atoms with E-state index >= 15 is 0 Å². The van der Waals surface area contributed by atoms with Crippen molar-refractivity contribution in [3.8, 4) is 28.8 Å². The van der Waals surface area contributed by atoms with Gasteiger partial charge in [-0.15, -0.1) is 10.2 Å². The monoisotopic (exact) mass is 491 g/mol. The van der Waals surface area contributed by atoms with E-state index in [0.717, 1.165) is 24.5 Å². The average molecular weight is 492 g/mol. The molecule has 0 spiro atoms. The second-order valence-corrected chi connectivity index (χ2v) is 9.30. The number of phenolic OH excluding ortho intramolecular Hbond substituents is 1. The van der Waals surface area contributed by atoms with E-state index in [4.69, 9.17) is 5.73 Å². The molecule has 36 heavy (non-hydrogen) atoms. The third-order valence-corrected chi connectivity index (χ3v) is 6.70. The minimum Gasteiger partial charge on any atom is -0.507 e. The normalized spacial score (nSPS) is 19.7. The molecule has 2 aliphatic rings. The number of benzene rings is 1. The van der Waals surface area contributed by atoms with E-state index in [1.807, 2.05) is 18.2 Å². The van der Waals surface area contributed by atoms with Gasteiger partial charge in [-0.25, -0.2) is 18.7 Å². The molecule has 1 saturated carbocycles. The number of aromatic nitrogens is 4. The molecule has 0 radical (unpaired) electrons. The lowest BCUT2D eigenvalue weighted by Crippen LogP contribution is -2.35. The van der Waals surface area contributed by atoms with Crippen LogP contribution in [0.2, 0.25) is 0 Å². The van der Waals surface area contributed by atoms with Crippen molar-refractivity contribution in [1.82, 2.24) is 20.2 Å². The summed E-state index contributed by atoms with van der Waals surface area (Å²) in [7, 11) is 0. The smallest absolute Gasteiger partial charge is 0.250 e. The van der Waals surface area contributed by atoms with Crippen LogP contribution in [0.5, 0.6) is 5.75 Å². The second-order valence-electron chi connectivity index (χ2n) is 9.30.